The normalized spacial score (nSPS) is 31.6. The van der Waals surface area contributed by atoms with Crippen LogP contribution in [0.3, 0.4) is 0 Å². The quantitative estimate of drug-likeness (QED) is 0.358. The van der Waals surface area contributed by atoms with Gasteiger partial charge in [-0.1, -0.05) is 31.1 Å². The van der Waals surface area contributed by atoms with E-state index in [9.17, 15) is 34.2 Å². The van der Waals surface area contributed by atoms with Gasteiger partial charge in [0.25, 0.3) is 0 Å². The standard InChI is InChI=1S/C31H37N3O7/c1-33(2)20-14-16(11-10-15-8-6-5-7-9-15)25(35)22-18(20)12-17-13-19-24(34(3)4)27(37)23(30(32)40)29(39)31(19,41)28(38)21(17)26(22)36/h14-15,17,19,21,23-24,35,41H,5-9,12-13H2,1-4H3,(H2,32,40)/t17-,19-,21?,23?,24-,31-/m0/s1. The van der Waals surface area contributed by atoms with Gasteiger partial charge in [0.1, 0.15) is 5.75 Å². The predicted molar refractivity (Wildman–Crippen MR) is 149 cm³/mol. The van der Waals surface area contributed by atoms with E-state index in [0.29, 0.717) is 11.3 Å². The first-order valence-electron chi connectivity index (χ1n) is 14.2. The van der Waals surface area contributed by atoms with Crippen molar-refractivity contribution >= 4 is 34.7 Å². The van der Waals surface area contributed by atoms with E-state index in [4.69, 9.17) is 5.73 Å². The Bertz CT molecular complexity index is 1410. The summed E-state index contributed by atoms with van der Waals surface area (Å²) in [6, 6.07) is 0.627. The summed E-state index contributed by atoms with van der Waals surface area (Å²) >= 11 is 0. The lowest BCUT2D eigenvalue weighted by Crippen LogP contribution is -2.74. The Balaban J connectivity index is 1.62. The maximum absolute atomic E-state index is 14.1. The minimum atomic E-state index is -2.74. The Morgan fingerprint density at radius 3 is 2.29 bits per heavy atom. The summed E-state index contributed by atoms with van der Waals surface area (Å²) in [7, 11) is 6.76. The fraction of sp³-hybridized carbons (Fsp3) is 0.581. The minimum Gasteiger partial charge on any atom is -0.506 e. The molecule has 0 aliphatic heterocycles. The highest BCUT2D eigenvalue weighted by Gasteiger charge is 2.69. The Kier molecular flexibility index (Phi) is 7.33. The number of rotatable bonds is 3. The molecule has 0 spiro atoms. The van der Waals surface area contributed by atoms with E-state index in [2.05, 4.69) is 11.8 Å². The smallest absolute Gasteiger partial charge is 0.235 e. The van der Waals surface area contributed by atoms with Gasteiger partial charge in [0.2, 0.25) is 5.91 Å². The summed E-state index contributed by atoms with van der Waals surface area (Å²) < 4.78 is 0. The van der Waals surface area contributed by atoms with Crippen LogP contribution in [-0.2, 0) is 25.6 Å². The van der Waals surface area contributed by atoms with Gasteiger partial charge in [0, 0.05) is 31.6 Å². The van der Waals surface area contributed by atoms with Gasteiger partial charge in [-0.05, 0) is 57.3 Å². The van der Waals surface area contributed by atoms with Crippen molar-refractivity contribution in [1.29, 1.82) is 0 Å². The number of phenolic OH excluding ortho intramolecular Hbond substituents is 1. The summed E-state index contributed by atoms with van der Waals surface area (Å²) in [5, 5.41) is 23.1. The maximum atomic E-state index is 14.1. The van der Waals surface area contributed by atoms with Gasteiger partial charge < -0.3 is 20.8 Å². The van der Waals surface area contributed by atoms with Crippen LogP contribution in [0.1, 0.15) is 60.0 Å². The molecule has 1 amide bonds. The van der Waals surface area contributed by atoms with Crippen LogP contribution in [0.2, 0.25) is 0 Å². The number of aliphatic hydroxyl groups is 1. The van der Waals surface area contributed by atoms with Crippen LogP contribution in [0.4, 0.5) is 5.69 Å². The van der Waals surface area contributed by atoms with Crippen molar-refractivity contribution < 1.29 is 34.2 Å². The van der Waals surface area contributed by atoms with Gasteiger partial charge in [-0.25, -0.2) is 0 Å². The number of nitrogens with two attached hydrogens (primary N) is 1. The molecule has 0 bridgehead atoms. The van der Waals surface area contributed by atoms with Crippen LogP contribution in [-0.4, -0.2) is 84.0 Å². The van der Waals surface area contributed by atoms with E-state index in [-0.39, 0.29) is 35.6 Å². The molecular weight excluding hydrogens is 526 g/mol. The molecule has 0 aromatic heterocycles. The van der Waals surface area contributed by atoms with Crippen LogP contribution in [0.25, 0.3) is 0 Å². The first-order chi connectivity index (χ1) is 19.3. The largest absolute Gasteiger partial charge is 0.506 e. The number of nitrogens with zero attached hydrogens (tertiary/aromatic N) is 2. The van der Waals surface area contributed by atoms with Crippen LogP contribution in [0, 0.1) is 41.4 Å². The molecule has 218 valence electrons. The number of aromatic hydroxyl groups is 1. The summed E-state index contributed by atoms with van der Waals surface area (Å²) in [4.78, 5) is 70.3. The Labute approximate surface area is 239 Å². The van der Waals surface area contributed by atoms with Crippen molar-refractivity contribution in [3.63, 3.8) is 0 Å². The number of likely N-dealkylation sites (N-methyl/N-ethyl adjacent to an activating group) is 1. The summed E-state index contributed by atoms with van der Waals surface area (Å²) in [6.45, 7) is 0. The zero-order chi connectivity index (χ0) is 30.0. The second-order valence-electron chi connectivity index (χ2n) is 12.4. The van der Waals surface area contributed by atoms with Crippen LogP contribution >= 0.6 is 0 Å². The monoisotopic (exact) mass is 563 g/mol. The highest BCUT2D eigenvalue weighted by atomic mass is 16.3. The maximum Gasteiger partial charge on any atom is 0.235 e. The third-order valence-corrected chi connectivity index (χ3v) is 9.54. The molecule has 3 saturated carbocycles. The highest BCUT2D eigenvalue weighted by Crippen LogP contribution is 2.52. The number of carbonyl (C=O) groups is 5. The van der Waals surface area contributed by atoms with Gasteiger partial charge in [-0.2, -0.15) is 0 Å². The number of carbonyl (C=O) groups excluding carboxylic acids is 5. The Morgan fingerprint density at radius 2 is 1.71 bits per heavy atom. The SMILES string of the molecule is CN(C)c1cc(C#CC2CCCCC2)c(O)c2c1C[C@H]1C[C@H]3[C@H](N(C)C)C(=O)C(C(N)=O)C(=O)[C@@]3(O)C(=O)C1C2=O. The number of benzene rings is 1. The molecule has 0 saturated heterocycles. The van der Waals surface area contributed by atoms with Gasteiger partial charge in [-0.15, -0.1) is 0 Å². The average Bonchev–Trinajstić information content (AvgIpc) is 2.90. The number of phenols is 1. The van der Waals surface area contributed by atoms with Gasteiger partial charge >= 0.3 is 0 Å². The molecule has 3 fully saturated rings. The zero-order valence-corrected chi connectivity index (χ0v) is 23.9. The molecule has 4 aliphatic rings. The summed E-state index contributed by atoms with van der Waals surface area (Å²) in [6.07, 6.45) is 5.56. The topological polar surface area (TPSA) is 158 Å². The number of amides is 1. The van der Waals surface area contributed by atoms with Crippen LogP contribution < -0.4 is 10.6 Å². The molecule has 0 heterocycles. The molecule has 0 radical (unpaired) electrons. The molecule has 4 N–H and O–H groups in total. The molecule has 4 aliphatic carbocycles. The van der Waals surface area contributed by atoms with Gasteiger partial charge in [0.15, 0.2) is 34.7 Å². The van der Waals surface area contributed by atoms with E-state index < -0.39 is 64.4 Å². The van der Waals surface area contributed by atoms with Crippen molar-refractivity contribution in [2.75, 3.05) is 33.1 Å². The van der Waals surface area contributed by atoms with Crippen molar-refractivity contribution in [3.05, 3.63) is 22.8 Å². The third kappa shape index (κ3) is 4.37. The van der Waals surface area contributed by atoms with Crippen molar-refractivity contribution in [3.8, 4) is 17.6 Å². The van der Waals surface area contributed by atoms with Crippen molar-refractivity contribution in [2.45, 2.75) is 56.6 Å². The number of hydrogen-bond acceptors (Lipinski definition) is 9. The number of fused-ring (bicyclic) bond motifs is 3. The van der Waals surface area contributed by atoms with E-state index in [1.807, 2.05) is 19.0 Å². The fourth-order valence-corrected chi connectivity index (χ4v) is 7.57. The lowest BCUT2D eigenvalue weighted by atomic mass is 9.52. The van der Waals surface area contributed by atoms with Gasteiger partial charge in [0.05, 0.1) is 23.1 Å². The Hall–Kier alpha value is -3.55. The minimum absolute atomic E-state index is 0.0146. The zero-order valence-electron chi connectivity index (χ0n) is 23.9. The summed E-state index contributed by atoms with van der Waals surface area (Å²) in [5.41, 5.74) is 4.13. The van der Waals surface area contributed by atoms with E-state index in [0.717, 1.165) is 25.7 Å². The van der Waals surface area contributed by atoms with Crippen molar-refractivity contribution in [1.82, 2.24) is 4.90 Å². The average molecular weight is 564 g/mol. The predicted octanol–water partition coefficient (Wildman–Crippen LogP) is 0.865. The molecular formula is C31H37N3O7. The molecule has 41 heavy (non-hydrogen) atoms. The second-order valence-corrected chi connectivity index (χ2v) is 12.4. The number of anilines is 1. The van der Waals surface area contributed by atoms with E-state index in [1.54, 1.807) is 20.2 Å². The van der Waals surface area contributed by atoms with E-state index in [1.165, 1.54) is 11.3 Å². The number of ketones is 4. The van der Waals surface area contributed by atoms with Crippen LogP contribution in [0.15, 0.2) is 6.07 Å². The first-order valence-corrected chi connectivity index (χ1v) is 14.2. The first kappa shape index (κ1) is 29.0. The molecule has 6 atom stereocenters. The fourth-order valence-electron chi connectivity index (χ4n) is 7.57. The number of primary amides is 1. The molecule has 2 unspecified atom stereocenters. The number of hydrogen-bond donors (Lipinski definition) is 3. The van der Waals surface area contributed by atoms with Crippen molar-refractivity contribution in [2.24, 2.45) is 35.3 Å². The van der Waals surface area contributed by atoms with Gasteiger partial charge in [-0.3, -0.25) is 28.9 Å². The highest BCUT2D eigenvalue weighted by molar-refractivity contribution is 6.32. The van der Waals surface area contributed by atoms with E-state index >= 15 is 0 Å². The lowest BCUT2D eigenvalue weighted by Gasteiger charge is -2.52. The lowest BCUT2D eigenvalue weighted by molar-refractivity contribution is -0.181. The molecule has 10 heteroatoms. The second kappa shape index (κ2) is 10.4. The molecule has 10 nitrogen and oxygen atoms in total. The summed E-state index contributed by atoms with van der Waals surface area (Å²) in [5.74, 6) is -4.03. The number of Topliss-reactive ketones (excluding diaryl/α,β-unsaturated/α-hetero) is 4. The molecule has 5 rings (SSSR count). The third-order valence-electron chi connectivity index (χ3n) is 9.54. The van der Waals surface area contributed by atoms with Crippen LogP contribution in [0.5, 0.6) is 5.75 Å². The Morgan fingerprint density at radius 1 is 1.05 bits per heavy atom. The molecule has 1 aromatic carbocycles. The molecule has 1 aromatic rings.